The van der Waals surface area contributed by atoms with Crippen LogP contribution < -0.4 is 9.47 Å². The summed E-state index contributed by atoms with van der Waals surface area (Å²) in [7, 11) is 3.12. The predicted molar refractivity (Wildman–Crippen MR) is 69.7 cm³/mol. The second-order valence-corrected chi connectivity index (χ2v) is 4.01. The summed E-state index contributed by atoms with van der Waals surface area (Å²) in [5.74, 6) is 1.32. The van der Waals surface area contributed by atoms with E-state index in [0.29, 0.717) is 17.1 Å². The minimum Gasteiger partial charge on any atom is -0.496 e. The molecular weight excluding hydrogens is 234 g/mol. The van der Waals surface area contributed by atoms with Gasteiger partial charge in [0.25, 0.3) is 0 Å². The highest BCUT2D eigenvalue weighted by Crippen LogP contribution is 2.35. The molecular formula is C13H17NO4. The number of benzene rings is 1. The summed E-state index contributed by atoms with van der Waals surface area (Å²) in [5.41, 5.74) is 2.44. The molecule has 0 aliphatic carbocycles. The van der Waals surface area contributed by atoms with E-state index in [1.54, 1.807) is 14.2 Å². The maximum atomic E-state index is 10.7. The highest BCUT2D eigenvalue weighted by Gasteiger charge is 2.15. The monoisotopic (exact) mass is 251 g/mol. The van der Waals surface area contributed by atoms with Crippen LogP contribution in [-0.4, -0.2) is 19.1 Å². The Morgan fingerprint density at radius 1 is 1.33 bits per heavy atom. The molecule has 0 amide bonds. The molecule has 0 atom stereocenters. The van der Waals surface area contributed by atoms with Crippen molar-refractivity contribution in [2.75, 3.05) is 14.2 Å². The number of methoxy groups -OCH3 is 2. The lowest BCUT2D eigenvalue weighted by molar-refractivity contribution is -0.422. The van der Waals surface area contributed by atoms with Crippen molar-refractivity contribution in [3.8, 4) is 11.5 Å². The Morgan fingerprint density at radius 2 is 1.94 bits per heavy atom. The first-order valence-corrected chi connectivity index (χ1v) is 5.47. The lowest BCUT2D eigenvalue weighted by Crippen LogP contribution is -2.00. The average Bonchev–Trinajstić information content (AvgIpc) is 2.33. The molecule has 0 saturated heterocycles. The van der Waals surface area contributed by atoms with Crippen molar-refractivity contribution in [2.45, 2.75) is 20.8 Å². The summed E-state index contributed by atoms with van der Waals surface area (Å²) < 4.78 is 10.6. The van der Waals surface area contributed by atoms with Gasteiger partial charge in [-0.05, 0) is 25.5 Å². The summed E-state index contributed by atoms with van der Waals surface area (Å²) in [6.07, 6.45) is 1.50. The van der Waals surface area contributed by atoms with Crippen LogP contribution in [0.2, 0.25) is 0 Å². The molecule has 5 nitrogen and oxygen atoms in total. The number of rotatable bonds is 4. The van der Waals surface area contributed by atoms with Gasteiger partial charge in [0.05, 0.1) is 19.1 Å². The van der Waals surface area contributed by atoms with Gasteiger partial charge in [-0.3, -0.25) is 10.1 Å². The van der Waals surface area contributed by atoms with E-state index < -0.39 is 4.92 Å². The number of hydrogen-bond acceptors (Lipinski definition) is 4. The normalized spacial score (nSPS) is 11.3. The Balaban J connectivity index is 3.53. The Morgan fingerprint density at radius 3 is 2.39 bits per heavy atom. The molecule has 0 radical (unpaired) electrons. The third kappa shape index (κ3) is 2.61. The maximum Gasteiger partial charge on any atom is 0.243 e. The molecule has 0 heterocycles. The fourth-order valence-corrected chi connectivity index (χ4v) is 1.80. The van der Waals surface area contributed by atoms with Crippen LogP contribution in [0.3, 0.4) is 0 Å². The van der Waals surface area contributed by atoms with Crippen LogP contribution in [0, 0.1) is 24.0 Å². The van der Waals surface area contributed by atoms with Gasteiger partial charge in [-0.25, -0.2) is 0 Å². The van der Waals surface area contributed by atoms with E-state index in [2.05, 4.69) is 0 Å². The SMILES string of the molecule is COc1cc(C)c(OC)c(C=C(C)[N+](=O)[O-])c1C. The molecule has 5 heteroatoms. The van der Waals surface area contributed by atoms with Crippen molar-refractivity contribution in [2.24, 2.45) is 0 Å². The maximum absolute atomic E-state index is 10.7. The molecule has 0 aliphatic heterocycles. The van der Waals surface area contributed by atoms with Gasteiger partial charge in [0, 0.05) is 24.1 Å². The van der Waals surface area contributed by atoms with E-state index in [9.17, 15) is 10.1 Å². The van der Waals surface area contributed by atoms with Crippen LogP contribution in [0.4, 0.5) is 0 Å². The standard InChI is InChI=1S/C13H17NO4/c1-8-6-12(17-4)10(3)11(13(8)18-5)7-9(2)14(15)16/h6-7H,1-5H3. The fraction of sp³-hybridized carbons (Fsp3) is 0.385. The van der Waals surface area contributed by atoms with Crippen LogP contribution in [0.25, 0.3) is 6.08 Å². The van der Waals surface area contributed by atoms with Gasteiger partial charge in [-0.2, -0.15) is 0 Å². The largest absolute Gasteiger partial charge is 0.496 e. The van der Waals surface area contributed by atoms with Crippen LogP contribution in [0.15, 0.2) is 11.8 Å². The first-order valence-electron chi connectivity index (χ1n) is 5.47. The predicted octanol–water partition coefficient (Wildman–Crippen LogP) is 2.96. The van der Waals surface area contributed by atoms with Crippen LogP contribution in [0.1, 0.15) is 23.6 Å². The van der Waals surface area contributed by atoms with E-state index in [1.165, 1.54) is 13.0 Å². The molecule has 0 spiro atoms. The average molecular weight is 251 g/mol. The highest BCUT2D eigenvalue weighted by molar-refractivity contribution is 5.67. The zero-order valence-electron chi connectivity index (χ0n) is 11.2. The van der Waals surface area contributed by atoms with Gasteiger partial charge < -0.3 is 9.47 Å². The van der Waals surface area contributed by atoms with Crippen molar-refractivity contribution in [3.05, 3.63) is 38.6 Å². The Labute approximate surface area is 106 Å². The van der Waals surface area contributed by atoms with Crippen molar-refractivity contribution in [1.29, 1.82) is 0 Å². The van der Waals surface area contributed by atoms with Gasteiger partial charge in [0.2, 0.25) is 5.70 Å². The topological polar surface area (TPSA) is 61.6 Å². The van der Waals surface area contributed by atoms with E-state index >= 15 is 0 Å². The third-order valence-corrected chi connectivity index (χ3v) is 2.79. The molecule has 0 fully saturated rings. The van der Waals surface area contributed by atoms with E-state index in [-0.39, 0.29) is 5.70 Å². The first kappa shape index (κ1) is 14.0. The Bertz CT molecular complexity index is 506. The molecule has 0 aliphatic rings. The minimum absolute atomic E-state index is 0.0593. The summed E-state index contributed by atoms with van der Waals surface area (Å²) in [6, 6.07) is 1.85. The van der Waals surface area contributed by atoms with Crippen molar-refractivity contribution < 1.29 is 14.4 Å². The molecule has 18 heavy (non-hydrogen) atoms. The Hall–Kier alpha value is -2.04. The van der Waals surface area contributed by atoms with Crippen molar-refractivity contribution >= 4 is 6.08 Å². The van der Waals surface area contributed by atoms with E-state index in [1.807, 2.05) is 19.9 Å². The van der Waals surface area contributed by atoms with Gasteiger partial charge in [0.1, 0.15) is 11.5 Å². The van der Waals surface area contributed by atoms with Crippen molar-refractivity contribution in [3.63, 3.8) is 0 Å². The zero-order chi connectivity index (χ0) is 13.9. The van der Waals surface area contributed by atoms with E-state index in [0.717, 1.165) is 11.1 Å². The fourth-order valence-electron chi connectivity index (χ4n) is 1.80. The number of nitrogens with zero attached hydrogens (tertiary/aromatic N) is 1. The second kappa shape index (κ2) is 5.53. The molecule has 0 aromatic heterocycles. The Kier molecular flexibility index (Phi) is 4.31. The number of hydrogen-bond donors (Lipinski definition) is 0. The highest BCUT2D eigenvalue weighted by atomic mass is 16.6. The number of ether oxygens (including phenoxy) is 2. The van der Waals surface area contributed by atoms with Crippen LogP contribution in [0.5, 0.6) is 11.5 Å². The number of aryl methyl sites for hydroxylation is 1. The summed E-state index contributed by atoms with van der Waals surface area (Å²) in [5, 5.41) is 10.7. The van der Waals surface area contributed by atoms with Crippen LogP contribution in [-0.2, 0) is 0 Å². The number of allylic oxidation sites excluding steroid dienone is 1. The lowest BCUT2D eigenvalue weighted by Gasteiger charge is -2.15. The summed E-state index contributed by atoms with van der Waals surface area (Å²) >= 11 is 0. The second-order valence-electron chi connectivity index (χ2n) is 4.01. The summed E-state index contributed by atoms with van der Waals surface area (Å²) in [4.78, 5) is 10.3. The molecule has 98 valence electrons. The first-order chi connectivity index (χ1) is 8.42. The molecule has 1 aromatic carbocycles. The molecule has 1 rings (SSSR count). The lowest BCUT2D eigenvalue weighted by atomic mass is 10.0. The van der Waals surface area contributed by atoms with Crippen molar-refractivity contribution in [1.82, 2.24) is 0 Å². The number of nitro groups is 1. The molecule has 0 saturated carbocycles. The smallest absolute Gasteiger partial charge is 0.243 e. The van der Waals surface area contributed by atoms with E-state index in [4.69, 9.17) is 9.47 Å². The van der Waals surface area contributed by atoms with Crippen LogP contribution >= 0.6 is 0 Å². The third-order valence-electron chi connectivity index (χ3n) is 2.79. The van der Waals surface area contributed by atoms with Gasteiger partial charge in [-0.1, -0.05) is 0 Å². The molecule has 0 bridgehead atoms. The van der Waals surface area contributed by atoms with Gasteiger partial charge >= 0.3 is 0 Å². The molecule has 1 aromatic rings. The summed E-state index contributed by atoms with van der Waals surface area (Å²) in [6.45, 7) is 5.17. The van der Waals surface area contributed by atoms with Gasteiger partial charge in [-0.15, -0.1) is 0 Å². The molecule has 0 N–H and O–H groups in total. The molecule has 0 unspecified atom stereocenters. The zero-order valence-corrected chi connectivity index (χ0v) is 11.2. The quantitative estimate of drug-likeness (QED) is 0.609. The van der Waals surface area contributed by atoms with Gasteiger partial charge in [0.15, 0.2) is 0 Å². The minimum atomic E-state index is -0.423.